The fraction of sp³-hybridized carbons (Fsp3) is 0.450. The maximum absolute atomic E-state index is 6.24. The number of hydrogen-bond donors (Lipinski definition) is 0. The Bertz CT molecular complexity index is 1310. The Hall–Kier alpha value is -4.06. The standard InChI is InChI=1S/C38H50O6.C2H6/c1-9-12-13-28(11-3)26-43-37-33(39-5)22-31(23-34(37)40-6)20-18-29-14-16-30(17-15-29)19-21-32-24-35(41-7)38(36(25-32)42-8)44-27(4)10-2;1-2/h14-25,27-28H,9-13,26H2,1-8H3;1-2H3/b20-18+,21-19+;. The molecule has 6 nitrogen and oxygen atoms in total. The van der Waals surface area contributed by atoms with Crippen LogP contribution in [-0.4, -0.2) is 41.2 Å². The third-order valence-corrected chi connectivity index (χ3v) is 7.74. The van der Waals surface area contributed by atoms with E-state index in [0.29, 0.717) is 47.0 Å². The molecule has 0 bridgehead atoms. The molecular formula is C40H56O6. The van der Waals surface area contributed by atoms with Crippen LogP contribution in [0.4, 0.5) is 0 Å². The van der Waals surface area contributed by atoms with Crippen molar-refractivity contribution >= 4 is 24.3 Å². The molecule has 0 amide bonds. The van der Waals surface area contributed by atoms with E-state index in [4.69, 9.17) is 28.4 Å². The zero-order chi connectivity index (χ0) is 33.9. The number of ether oxygens (including phenoxy) is 6. The molecule has 6 heteroatoms. The Labute approximate surface area is 278 Å². The third kappa shape index (κ3) is 11.4. The van der Waals surface area contributed by atoms with E-state index in [2.05, 4.69) is 63.3 Å². The van der Waals surface area contributed by atoms with Gasteiger partial charge in [0.05, 0.1) is 41.2 Å². The van der Waals surface area contributed by atoms with E-state index in [-0.39, 0.29) is 6.10 Å². The van der Waals surface area contributed by atoms with Gasteiger partial charge in [0.2, 0.25) is 11.5 Å². The molecule has 0 aliphatic carbocycles. The van der Waals surface area contributed by atoms with Crippen molar-refractivity contribution in [2.45, 2.75) is 79.8 Å². The molecule has 0 radical (unpaired) electrons. The van der Waals surface area contributed by atoms with E-state index in [1.54, 1.807) is 28.4 Å². The van der Waals surface area contributed by atoms with Gasteiger partial charge in [-0.3, -0.25) is 0 Å². The molecule has 0 aromatic heterocycles. The van der Waals surface area contributed by atoms with Crippen molar-refractivity contribution in [2.24, 2.45) is 5.92 Å². The van der Waals surface area contributed by atoms with Crippen LogP contribution in [0.1, 0.15) is 95.9 Å². The first kappa shape index (κ1) is 38.1. The van der Waals surface area contributed by atoms with E-state index in [1.807, 2.05) is 51.1 Å². The number of unbranched alkanes of at least 4 members (excludes halogenated alkanes) is 1. The molecule has 46 heavy (non-hydrogen) atoms. The monoisotopic (exact) mass is 632 g/mol. The minimum Gasteiger partial charge on any atom is -0.493 e. The van der Waals surface area contributed by atoms with Gasteiger partial charge in [0, 0.05) is 0 Å². The van der Waals surface area contributed by atoms with Gasteiger partial charge in [-0.05, 0) is 72.2 Å². The molecule has 2 unspecified atom stereocenters. The van der Waals surface area contributed by atoms with Crippen LogP contribution in [0.15, 0.2) is 48.5 Å². The first-order valence-electron chi connectivity index (χ1n) is 16.7. The highest BCUT2D eigenvalue weighted by Crippen LogP contribution is 2.41. The Morgan fingerprint density at radius 2 is 1.00 bits per heavy atom. The molecule has 0 saturated heterocycles. The fourth-order valence-electron chi connectivity index (χ4n) is 4.74. The summed E-state index contributed by atoms with van der Waals surface area (Å²) in [4.78, 5) is 0. The van der Waals surface area contributed by atoms with Crippen LogP contribution >= 0.6 is 0 Å². The van der Waals surface area contributed by atoms with Gasteiger partial charge in [0.15, 0.2) is 23.0 Å². The molecule has 3 aromatic rings. The lowest BCUT2D eigenvalue weighted by Crippen LogP contribution is -2.12. The lowest BCUT2D eigenvalue weighted by molar-refractivity contribution is 0.198. The second-order valence-electron chi connectivity index (χ2n) is 10.9. The van der Waals surface area contributed by atoms with Gasteiger partial charge < -0.3 is 28.4 Å². The molecule has 0 aliphatic rings. The Morgan fingerprint density at radius 3 is 1.37 bits per heavy atom. The summed E-state index contributed by atoms with van der Waals surface area (Å²) in [5, 5.41) is 0. The topological polar surface area (TPSA) is 55.4 Å². The van der Waals surface area contributed by atoms with Crippen LogP contribution in [0.25, 0.3) is 24.3 Å². The van der Waals surface area contributed by atoms with E-state index in [1.165, 1.54) is 12.8 Å². The minimum absolute atomic E-state index is 0.0583. The van der Waals surface area contributed by atoms with E-state index in [9.17, 15) is 0 Å². The zero-order valence-electron chi connectivity index (χ0n) is 29.8. The van der Waals surface area contributed by atoms with Gasteiger partial charge in [0.25, 0.3) is 0 Å². The molecule has 2 atom stereocenters. The van der Waals surface area contributed by atoms with Crippen molar-refractivity contribution in [1.29, 1.82) is 0 Å². The molecule has 0 spiro atoms. The first-order valence-corrected chi connectivity index (χ1v) is 16.7. The normalized spacial score (nSPS) is 12.3. The second kappa shape index (κ2) is 20.9. The predicted molar refractivity (Wildman–Crippen MR) is 194 cm³/mol. The summed E-state index contributed by atoms with van der Waals surface area (Å²) < 4.78 is 34.9. The highest BCUT2D eigenvalue weighted by Gasteiger charge is 2.17. The highest BCUT2D eigenvalue weighted by molar-refractivity contribution is 5.75. The summed E-state index contributed by atoms with van der Waals surface area (Å²) in [6, 6.07) is 16.3. The van der Waals surface area contributed by atoms with E-state index >= 15 is 0 Å². The SMILES string of the molecule is CC.CCCCC(CC)COc1c(OC)cc(/C=C/c2ccc(/C=C/c3cc(OC)c(OC(C)CC)c(OC)c3)cc2)cc1OC. The second-order valence-corrected chi connectivity index (χ2v) is 10.9. The van der Waals surface area contributed by atoms with Gasteiger partial charge in [-0.1, -0.05) is 102 Å². The summed E-state index contributed by atoms with van der Waals surface area (Å²) in [6.45, 7) is 13.2. The van der Waals surface area contributed by atoms with Gasteiger partial charge in [0.1, 0.15) is 0 Å². The molecule has 0 saturated carbocycles. The first-order chi connectivity index (χ1) is 22.4. The summed E-state index contributed by atoms with van der Waals surface area (Å²) in [5.74, 6) is 4.44. The molecule has 0 fully saturated rings. The van der Waals surface area contributed by atoms with Crippen molar-refractivity contribution in [1.82, 2.24) is 0 Å². The summed E-state index contributed by atoms with van der Waals surface area (Å²) in [5.41, 5.74) is 4.09. The molecule has 3 aromatic carbocycles. The van der Waals surface area contributed by atoms with Crippen molar-refractivity contribution < 1.29 is 28.4 Å². The number of hydrogen-bond acceptors (Lipinski definition) is 6. The Morgan fingerprint density at radius 1 is 0.587 bits per heavy atom. The molecule has 252 valence electrons. The summed E-state index contributed by atoms with van der Waals surface area (Å²) >= 11 is 0. The third-order valence-electron chi connectivity index (χ3n) is 7.74. The van der Waals surface area contributed by atoms with Crippen LogP contribution in [0.5, 0.6) is 34.5 Å². The average Bonchev–Trinajstić information content (AvgIpc) is 3.11. The molecule has 0 aliphatic heterocycles. The van der Waals surface area contributed by atoms with Crippen LogP contribution in [0.3, 0.4) is 0 Å². The predicted octanol–water partition coefficient (Wildman–Crippen LogP) is 10.9. The molecular weight excluding hydrogens is 576 g/mol. The number of rotatable bonds is 18. The zero-order valence-corrected chi connectivity index (χ0v) is 29.8. The quantitative estimate of drug-likeness (QED) is 0.130. The fourth-order valence-corrected chi connectivity index (χ4v) is 4.74. The average molecular weight is 633 g/mol. The highest BCUT2D eigenvalue weighted by atomic mass is 16.5. The van der Waals surface area contributed by atoms with Crippen molar-refractivity contribution in [2.75, 3.05) is 35.0 Å². The van der Waals surface area contributed by atoms with Crippen molar-refractivity contribution in [3.63, 3.8) is 0 Å². The summed E-state index contributed by atoms with van der Waals surface area (Å²) in [6.07, 6.45) is 13.8. The smallest absolute Gasteiger partial charge is 0.203 e. The van der Waals surface area contributed by atoms with Crippen LogP contribution in [0, 0.1) is 5.92 Å². The van der Waals surface area contributed by atoms with Crippen molar-refractivity contribution in [3.05, 3.63) is 70.8 Å². The number of methoxy groups -OCH3 is 4. The van der Waals surface area contributed by atoms with Gasteiger partial charge in [-0.15, -0.1) is 0 Å². The van der Waals surface area contributed by atoms with E-state index in [0.717, 1.165) is 41.5 Å². The lowest BCUT2D eigenvalue weighted by atomic mass is 10.0. The molecule has 0 N–H and O–H groups in total. The lowest BCUT2D eigenvalue weighted by Gasteiger charge is -2.19. The maximum Gasteiger partial charge on any atom is 0.203 e. The van der Waals surface area contributed by atoms with Crippen LogP contribution in [0.2, 0.25) is 0 Å². The van der Waals surface area contributed by atoms with Gasteiger partial charge in [-0.25, -0.2) is 0 Å². The molecule has 0 heterocycles. The van der Waals surface area contributed by atoms with Gasteiger partial charge >= 0.3 is 0 Å². The minimum atomic E-state index is 0.0583. The molecule has 3 rings (SSSR count). The van der Waals surface area contributed by atoms with Crippen LogP contribution < -0.4 is 28.4 Å². The Balaban J connectivity index is 0.00000361. The van der Waals surface area contributed by atoms with Crippen molar-refractivity contribution in [3.8, 4) is 34.5 Å². The Kier molecular flexibility index (Phi) is 17.3. The largest absolute Gasteiger partial charge is 0.493 e. The summed E-state index contributed by atoms with van der Waals surface area (Å²) in [7, 11) is 6.61. The maximum atomic E-state index is 6.24. The van der Waals surface area contributed by atoms with Crippen LogP contribution in [-0.2, 0) is 0 Å². The number of benzene rings is 3. The van der Waals surface area contributed by atoms with Gasteiger partial charge in [-0.2, -0.15) is 0 Å². The van der Waals surface area contributed by atoms with E-state index < -0.39 is 0 Å².